The lowest BCUT2D eigenvalue weighted by molar-refractivity contribution is -0.131. The summed E-state index contributed by atoms with van der Waals surface area (Å²) >= 11 is 0. The van der Waals surface area contributed by atoms with Crippen LogP contribution in [0.25, 0.3) is 11.7 Å². The second-order valence-electron chi connectivity index (χ2n) is 6.67. The molecule has 0 radical (unpaired) electrons. The van der Waals surface area contributed by atoms with E-state index in [1.54, 1.807) is 37.3 Å². The number of aromatic nitrogens is 1. The number of methoxy groups -OCH3 is 1. The molecule has 1 aliphatic rings. The SMILES string of the molecule is COCCN(Cc1ccc2c(c1)OCO2)C(=O)Cc1nc(-c2ccco2)oc1C. The molecule has 0 saturated heterocycles. The third-order valence-corrected chi connectivity index (χ3v) is 4.67. The van der Waals surface area contributed by atoms with Gasteiger partial charge in [0.05, 0.1) is 25.0 Å². The van der Waals surface area contributed by atoms with Crippen molar-refractivity contribution in [3.63, 3.8) is 0 Å². The Morgan fingerprint density at radius 2 is 2.10 bits per heavy atom. The molecule has 0 aliphatic carbocycles. The maximum absolute atomic E-state index is 13.0. The number of aryl methyl sites for hydroxylation is 1. The topological polar surface area (TPSA) is 87.2 Å². The van der Waals surface area contributed by atoms with Gasteiger partial charge in [-0.1, -0.05) is 6.07 Å². The first-order valence-electron chi connectivity index (χ1n) is 9.29. The van der Waals surface area contributed by atoms with Crippen molar-refractivity contribution in [3.05, 3.63) is 53.6 Å². The summed E-state index contributed by atoms with van der Waals surface area (Å²) < 4.78 is 26.9. The van der Waals surface area contributed by atoms with E-state index in [4.69, 9.17) is 23.0 Å². The Kier molecular flexibility index (Phi) is 5.53. The van der Waals surface area contributed by atoms with Crippen molar-refractivity contribution in [2.75, 3.05) is 27.1 Å². The van der Waals surface area contributed by atoms with Gasteiger partial charge in [-0.15, -0.1) is 0 Å². The number of hydrogen-bond donors (Lipinski definition) is 0. The molecular weight excluding hydrogens is 376 g/mol. The van der Waals surface area contributed by atoms with Crippen LogP contribution >= 0.6 is 0 Å². The molecular formula is C21H22N2O6. The number of oxazole rings is 1. The molecule has 3 aromatic rings. The highest BCUT2D eigenvalue weighted by Crippen LogP contribution is 2.33. The smallest absolute Gasteiger partial charge is 0.263 e. The number of amides is 1. The van der Waals surface area contributed by atoms with Crippen LogP contribution < -0.4 is 9.47 Å². The van der Waals surface area contributed by atoms with E-state index in [0.29, 0.717) is 54.3 Å². The molecule has 8 nitrogen and oxygen atoms in total. The highest BCUT2D eigenvalue weighted by Gasteiger charge is 2.21. The van der Waals surface area contributed by atoms with E-state index in [1.807, 2.05) is 18.2 Å². The Balaban J connectivity index is 1.48. The number of fused-ring (bicyclic) bond motifs is 1. The summed E-state index contributed by atoms with van der Waals surface area (Å²) in [6, 6.07) is 9.20. The van der Waals surface area contributed by atoms with Crippen LogP contribution in [0.4, 0.5) is 0 Å². The van der Waals surface area contributed by atoms with Crippen molar-refractivity contribution in [1.82, 2.24) is 9.88 Å². The molecule has 0 unspecified atom stereocenters. The Bertz CT molecular complexity index is 979. The van der Waals surface area contributed by atoms with Crippen molar-refractivity contribution in [2.45, 2.75) is 19.9 Å². The molecule has 1 aliphatic heterocycles. The fraction of sp³-hybridized carbons (Fsp3) is 0.333. The van der Waals surface area contributed by atoms with Gasteiger partial charge in [0.2, 0.25) is 12.7 Å². The van der Waals surface area contributed by atoms with Gasteiger partial charge in [-0.25, -0.2) is 4.98 Å². The highest BCUT2D eigenvalue weighted by atomic mass is 16.7. The second-order valence-corrected chi connectivity index (χ2v) is 6.67. The first-order chi connectivity index (χ1) is 14.1. The van der Waals surface area contributed by atoms with Crippen LogP contribution in [-0.4, -0.2) is 42.8 Å². The van der Waals surface area contributed by atoms with Crippen LogP contribution in [0.15, 0.2) is 45.4 Å². The molecule has 3 heterocycles. The Morgan fingerprint density at radius 1 is 1.24 bits per heavy atom. The predicted octanol–water partition coefficient (Wildman–Crippen LogP) is 3.19. The molecule has 4 rings (SSSR count). The molecule has 0 fully saturated rings. The first kappa shape index (κ1) is 19.1. The Labute approximate surface area is 168 Å². The zero-order chi connectivity index (χ0) is 20.2. The molecule has 0 spiro atoms. The molecule has 152 valence electrons. The van der Waals surface area contributed by atoms with Crippen molar-refractivity contribution in [1.29, 1.82) is 0 Å². The van der Waals surface area contributed by atoms with Crippen LogP contribution in [0.2, 0.25) is 0 Å². The molecule has 0 bridgehead atoms. The summed E-state index contributed by atoms with van der Waals surface area (Å²) in [4.78, 5) is 19.2. The normalized spacial score (nSPS) is 12.3. The summed E-state index contributed by atoms with van der Waals surface area (Å²) in [6.45, 7) is 3.34. The zero-order valence-corrected chi connectivity index (χ0v) is 16.3. The van der Waals surface area contributed by atoms with Crippen LogP contribution in [0.3, 0.4) is 0 Å². The molecule has 0 N–H and O–H groups in total. The van der Waals surface area contributed by atoms with Crippen LogP contribution in [0.5, 0.6) is 11.5 Å². The number of carbonyl (C=O) groups is 1. The summed E-state index contributed by atoms with van der Waals surface area (Å²) in [6.07, 6.45) is 1.68. The molecule has 0 atom stereocenters. The first-order valence-corrected chi connectivity index (χ1v) is 9.29. The number of nitrogens with zero attached hydrogens (tertiary/aromatic N) is 2. The molecule has 1 amide bonds. The lowest BCUT2D eigenvalue weighted by Gasteiger charge is -2.22. The van der Waals surface area contributed by atoms with Crippen molar-refractivity contribution in [2.24, 2.45) is 0 Å². The van der Waals surface area contributed by atoms with Crippen molar-refractivity contribution >= 4 is 5.91 Å². The van der Waals surface area contributed by atoms with Gasteiger partial charge in [0, 0.05) is 20.2 Å². The van der Waals surface area contributed by atoms with Gasteiger partial charge < -0.3 is 27.9 Å². The van der Waals surface area contributed by atoms with E-state index in [2.05, 4.69) is 4.98 Å². The standard InChI is InChI=1S/C21H22N2O6/c1-14-16(22-21(29-14)18-4-3-8-26-18)11-20(24)23(7-9-25-2)12-15-5-6-17-19(10-15)28-13-27-17/h3-6,8,10H,7,9,11-13H2,1-2H3. The van der Waals surface area contributed by atoms with Gasteiger partial charge in [0.15, 0.2) is 17.3 Å². The lowest BCUT2D eigenvalue weighted by Crippen LogP contribution is -2.34. The van der Waals surface area contributed by atoms with Gasteiger partial charge in [-0.2, -0.15) is 0 Å². The maximum atomic E-state index is 13.0. The number of carbonyl (C=O) groups excluding carboxylic acids is 1. The average Bonchev–Trinajstić information content (AvgIpc) is 3.46. The number of hydrogen-bond acceptors (Lipinski definition) is 7. The fourth-order valence-corrected chi connectivity index (χ4v) is 3.11. The summed E-state index contributed by atoms with van der Waals surface area (Å²) in [5, 5.41) is 0. The quantitative estimate of drug-likeness (QED) is 0.576. The van der Waals surface area contributed by atoms with Gasteiger partial charge in [0.25, 0.3) is 5.89 Å². The van der Waals surface area contributed by atoms with E-state index in [9.17, 15) is 4.79 Å². The largest absolute Gasteiger partial charge is 0.459 e. The highest BCUT2D eigenvalue weighted by molar-refractivity contribution is 5.78. The molecule has 0 saturated carbocycles. The number of furan rings is 1. The molecule has 8 heteroatoms. The summed E-state index contributed by atoms with van der Waals surface area (Å²) in [7, 11) is 1.61. The average molecular weight is 398 g/mol. The number of benzene rings is 1. The van der Waals surface area contributed by atoms with E-state index in [-0.39, 0.29) is 19.1 Å². The third-order valence-electron chi connectivity index (χ3n) is 4.67. The Morgan fingerprint density at radius 3 is 2.90 bits per heavy atom. The molecule has 29 heavy (non-hydrogen) atoms. The third kappa shape index (κ3) is 4.27. The van der Waals surface area contributed by atoms with Crippen molar-refractivity contribution < 1.29 is 27.8 Å². The molecule has 1 aromatic carbocycles. The minimum Gasteiger partial charge on any atom is -0.459 e. The van der Waals surface area contributed by atoms with Crippen molar-refractivity contribution in [3.8, 4) is 23.1 Å². The zero-order valence-electron chi connectivity index (χ0n) is 16.3. The summed E-state index contributed by atoms with van der Waals surface area (Å²) in [5.74, 6) is 2.84. The van der Waals surface area contributed by atoms with E-state index in [0.717, 1.165) is 5.56 Å². The lowest BCUT2D eigenvalue weighted by atomic mass is 10.1. The van der Waals surface area contributed by atoms with Crippen LogP contribution in [0.1, 0.15) is 17.0 Å². The van der Waals surface area contributed by atoms with E-state index >= 15 is 0 Å². The summed E-state index contributed by atoms with van der Waals surface area (Å²) in [5.41, 5.74) is 1.54. The second kappa shape index (κ2) is 8.40. The Hall–Kier alpha value is -3.26. The van der Waals surface area contributed by atoms with Gasteiger partial charge in [0.1, 0.15) is 5.76 Å². The van der Waals surface area contributed by atoms with Crippen LogP contribution in [-0.2, 0) is 22.5 Å². The van der Waals surface area contributed by atoms with Crippen LogP contribution in [0, 0.1) is 6.92 Å². The number of rotatable bonds is 8. The van der Waals surface area contributed by atoms with Gasteiger partial charge in [-0.05, 0) is 36.8 Å². The minimum atomic E-state index is -0.0675. The van der Waals surface area contributed by atoms with Gasteiger partial charge >= 0.3 is 0 Å². The van der Waals surface area contributed by atoms with E-state index in [1.165, 1.54) is 0 Å². The van der Waals surface area contributed by atoms with E-state index < -0.39 is 0 Å². The number of ether oxygens (including phenoxy) is 3. The minimum absolute atomic E-state index is 0.0675. The van der Waals surface area contributed by atoms with Gasteiger partial charge in [-0.3, -0.25) is 4.79 Å². The maximum Gasteiger partial charge on any atom is 0.263 e. The molecule has 2 aromatic heterocycles. The monoisotopic (exact) mass is 398 g/mol. The predicted molar refractivity (Wildman–Crippen MR) is 103 cm³/mol. The fourth-order valence-electron chi connectivity index (χ4n) is 3.11.